The fourth-order valence-electron chi connectivity index (χ4n) is 3.40. The van der Waals surface area contributed by atoms with Gasteiger partial charge < -0.3 is 10.1 Å². The number of carbonyl (C=O) groups excluding carboxylic acids is 1. The number of nitrogens with one attached hydrogen (secondary N) is 1. The van der Waals surface area contributed by atoms with Crippen molar-refractivity contribution < 1.29 is 9.53 Å². The van der Waals surface area contributed by atoms with Crippen LogP contribution in [0, 0.1) is 11.3 Å². The van der Waals surface area contributed by atoms with Crippen LogP contribution >= 0.6 is 0 Å². The molecule has 1 amide bonds. The quantitative estimate of drug-likeness (QED) is 0.821. The Balaban J connectivity index is 1.94. The first-order valence-electron chi connectivity index (χ1n) is 7.40. The Morgan fingerprint density at radius 3 is 2.44 bits per heavy atom. The Hall–Kier alpha value is -0.570. The lowest BCUT2D eigenvalue weighted by Crippen LogP contribution is -2.49. The molecule has 1 saturated carbocycles. The van der Waals surface area contributed by atoms with Crippen LogP contribution in [0.1, 0.15) is 59.3 Å². The van der Waals surface area contributed by atoms with Crippen LogP contribution in [0.4, 0.5) is 0 Å². The van der Waals surface area contributed by atoms with E-state index in [4.69, 9.17) is 4.74 Å². The molecule has 104 valence electrons. The van der Waals surface area contributed by atoms with E-state index in [-0.39, 0.29) is 17.4 Å². The molecule has 0 aromatic heterocycles. The SMILES string of the molecule is CC(C)(C)[C@H]1CCCC[C@H]1NC(=O)[C@@H]1CCCO1. The topological polar surface area (TPSA) is 38.3 Å². The van der Waals surface area contributed by atoms with Crippen LogP contribution in [-0.2, 0) is 9.53 Å². The number of carbonyl (C=O) groups is 1. The van der Waals surface area contributed by atoms with Gasteiger partial charge in [0.25, 0.3) is 0 Å². The molecule has 1 N–H and O–H groups in total. The Morgan fingerprint density at radius 2 is 1.83 bits per heavy atom. The molecule has 3 atom stereocenters. The summed E-state index contributed by atoms with van der Waals surface area (Å²) in [6, 6.07) is 0.343. The standard InChI is InChI=1S/C15H27NO2/c1-15(2,3)11-7-4-5-8-12(11)16-14(17)13-9-6-10-18-13/h11-13H,4-10H2,1-3H3,(H,16,17)/t11-,12+,13-/m0/s1. The third kappa shape index (κ3) is 3.25. The zero-order chi connectivity index (χ0) is 13.2. The van der Waals surface area contributed by atoms with Gasteiger partial charge in [0, 0.05) is 12.6 Å². The molecule has 18 heavy (non-hydrogen) atoms. The molecule has 0 aromatic rings. The smallest absolute Gasteiger partial charge is 0.249 e. The summed E-state index contributed by atoms with van der Waals surface area (Å²) in [5.74, 6) is 0.713. The number of hydrogen-bond donors (Lipinski definition) is 1. The lowest BCUT2D eigenvalue weighted by Gasteiger charge is -2.41. The van der Waals surface area contributed by atoms with E-state index in [0.29, 0.717) is 12.0 Å². The summed E-state index contributed by atoms with van der Waals surface area (Å²) < 4.78 is 5.47. The van der Waals surface area contributed by atoms with Gasteiger partial charge >= 0.3 is 0 Å². The Kier molecular flexibility index (Phi) is 4.31. The summed E-state index contributed by atoms with van der Waals surface area (Å²) in [6.07, 6.45) is 6.62. The van der Waals surface area contributed by atoms with Crippen LogP contribution in [0.2, 0.25) is 0 Å². The van der Waals surface area contributed by atoms with Gasteiger partial charge in [-0.15, -0.1) is 0 Å². The largest absolute Gasteiger partial charge is 0.368 e. The maximum Gasteiger partial charge on any atom is 0.249 e. The lowest BCUT2D eigenvalue weighted by molar-refractivity contribution is -0.131. The first-order chi connectivity index (χ1) is 8.48. The molecule has 1 aliphatic heterocycles. The number of amides is 1. The molecule has 2 aliphatic rings. The average Bonchev–Trinajstić information content (AvgIpc) is 2.81. The van der Waals surface area contributed by atoms with Crippen molar-refractivity contribution in [3.63, 3.8) is 0 Å². The van der Waals surface area contributed by atoms with Crippen molar-refractivity contribution in [2.24, 2.45) is 11.3 Å². The molecule has 2 fully saturated rings. The summed E-state index contributed by atoms with van der Waals surface area (Å²) in [4.78, 5) is 12.1. The van der Waals surface area contributed by atoms with E-state index in [2.05, 4.69) is 26.1 Å². The molecule has 0 unspecified atom stereocenters. The van der Waals surface area contributed by atoms with Crippen molar-refractivity contribution in [2.75, 3.05) is 6.61 Å². The average molecular weight is 253 g/mol. The zero-order valence-corrected chi connectivity index (χ0v) is 12.0. The molecule has 3 nitrogen and oxygen atoms in total. The fraction of sp³-hybridized carbons (Fsp3) is 0.933. The Labute approximate surface area is 111 Å². The highest BCUT2D eigenvalue weighted by atomic mass is 16.5. The van der Waals surface area contributed by atoms with E-state index in [0.717, 1.165) is 25.9 Å². The van der Waals surface area contributed by atoms with Gasteiger partial charge in [-0.25, -0.2) is 0 Å². The summed E-state index contributed by atoms with van der Waals surface area (Å²) in [7, 11) is 0. The zero-order valence-electron chi connectivity index (χ0n) is 12.0. The van der Waals surface area contributed by atoms with Crippen LogP contribution < -0.4 is 5.32 Å². The molecular formula is C15H27NO2. The number of rotatable bonds is 2. The van der Waals surface area contributed by atoms with Crippen molar-refractivity contribution in [3.8, 4) is 0 Å². The normalized spacial score (nSPS) is 33.4. The molecule has 1 heterocycles. The third-order valence-electron chi connectivity index (χ3n) is 4.43. The van der Waals surface area contributed by atoms with Gasteiger partial charge in [0.1, 0.15) is 6.10 Å². The third-order valence-corrected chi connectivity index (χ3v) is 4.43. The van der Waals surface area contributed by atoms with Gasteiger partial charge in [-0.05, 0) is 37.0 Å². The number of ether oxygens (including phenoxy) is 1. The number of hydrogen-bond acceptors (Lipinski definition) is 2. The predicted molar refractivity (Wildman–Crippen MR) is 72.3 cm³/mol. The summed E-state index contributed by atoms with van der Waals surface area (Å²) in [6.45, 7) is 7.60. The van der Waals surface area contributed by atoms with Gasteiger partial charge in [0.15, 0.2) is 0 Å². The van der Waals surface area contributed by atoms with Crippen molar-refractivity contribution >= 4 is 5.91 Å². The molecule has 2 rings (SSSR count). The second-order valence-corrected chi connectivity index (χ2v) is 6.87. The van der Waals surface area contributed by atoms with Crippen LogP contribution in [0.3, 0.4) is 0 Å². The van der Waals surface area contributed by atoms with Crippen molar-refractivity contribution in [3.05, 3.63) is 0 Å². The maximum absolute atomic E-state index is 12.1. The second-order valence-electron chi connectivity index (χ2n) is 6.87. The first-order valence-corrected chi connectivity index (χ1v) is 7.40. The fourth-order valence-corrected chi connectivity index (χ4v) is 3.40. The van der Waals surface area contributed by atoms with E-state index < -0.39 is 0 Å². The molecule has 0 radical (unpaired) electrons. The summed E-state index contributed by atoms with van der Waals surface area (Å²) in [5, 5.41) is 3.25. The first kappa shape index (κ1) is 13.9. The molecule has 0 aromatic carbocycles. The summed E-state index contributed by atoms with van der Waals surface area (Å²) in [5.41, 5.74) is 0.273. The van der Waals surface area contributed by atoms with E-state index in [1.165, 1.54) is 19.3 Å². The van der Waals surface area contributed by atoms with Crippen molar-refractivity contribution in [1.82, 2.24) is 5.32 Å². The highest BCUT2D eigenvalue weighted by Gasteiger charge is 2.36. The highest BCUT2D eigenvalue weighted by Crippen LogP contribution is 2.38. The maximum atomic E-state index is 12.1. The van der Waals surface area contributed by atoms with Gasteiger partial charge in [0.2, 0.25) is 5.91 Å². The molecule has 1 saturated heterocycles. The van der Waals surface area contributed by atoms with E-state index in [9.17, 15) is 4.79 Å². The summed E-state index contributed by atoms with van der Waals surface area (Å²) >= 11 is 0. The van der Waals surface area contributed by atoms with Crippen LogP contribution in [-0.4, -0.2) is 24.7 Å². The Morgan fingerprint density at radius 1 is 1.11 bits per heavy atom. The van der Waals surface area contributed by atoms with Crippen LogP contribution in [0.15, 0.2) is 0 Å². The minimum Gasteiger partial charge on any atom is -0.368 e. The molecule has 0 spiro atoms. The molecule has 0 bridgehead atoms. The molecule has 3 heteroatoms. The van der Waals surface area contributed by atoms with Gasteiger partial charge in [-0.2, -0.15) is 0 Å². The van der Waals surface area contributed by atoms with E-state index >= 15 is 0 Å². The van der Waals surface area contributed by atoms with Crippen molar-refractivity contribution in [2.45, 2.75) is 71.4 Å². The van der Waals surface area contributed by atoms with Gasteiger partial charge in [-0.1, -0.05) is 33.6 Å². The minimum absolute atomic E-state index is 0.119. The molecule has 1 aliphatic carbocycles. The van der Waals surface area contributed by atoms with Gasteiger partial charge in [0.05, 0.1) is 0 Å². The van der Waals surface area contributed by atoms with Crippen molar-refractivity contribution in [1.29, 1.82) is 0 Å². The predicted octanol–water partition coefficient (Wildman–Crippen LogP) is 2.89. The molecular weight excluding hydrogens is 226 g/mol. The minimum atomic E-state index is -0.187. The van der Waals surface area contributed by atoms with Gasteiger partial charge in [-0.3, -0.25) is 4.79 Å². The second kappa shape index (κ2) is 5.60. The lowest BCUT2D eigenvalue weighted by atomic mass is 9.69. The van der Waals surface area contributed by atoms with E-state index in [1.807, 2.05) is 0 Å². The highest BCUT2D eigenvalue weighted by molar-refractivity contribution is 5.81. The monoisotopic (exact) mass is 253 g/mol. The Bertz CT molecular complexity index is 289. The van der Waals surface area contributed by atoms with E-state index in [1.54, 1.807) is 0 Å². The van der Waals surface area contributed by atoms with Crippen LogP contribution in [0.25, 0.3) is 0 Å². The van der Waals surface area contributed by atoms with Crippen LogP contribution in [0.5, 0.6) is 0 Å².